The van der Waals surface area contributed by atoms with Crippen molar-refractivity contribution in [1.29, 1.82) is 0 Å². The summed E-state index contributed by atoms with van der Waals surface area (Å²) < 4.78 is 20.7. The number of urea groups is 1. The number of benzene rings is 1. The number of imide groups is 1. The molecule has 3 amide bonds. The van der Waals surface area contributed by atoms with Gasteiger partial charge in [-0.1, -0.05) is 13.8 Å². The molecule has 0 bridgehead atoms. The standard InChI is InChI=1S/C16H22N2O7/c1-8(2)12(14(19)18-16(17)21)25-15(20)9-6-10(22-3)13(24-5)11(7-9)23-4/h6-8,12H,1-5H3,(H3,17,18,19,21). The van der Waals surface area contributed by atoms with Gasteiger partial charge in [0.1, 0.15) is 0 Å². The summed E-state index contributed by atoms with van der Waals surface area (Å²) >= 11 is 0. The van der Waals surface area contributed by atoms with Crippen LogP contribution in [0.25, 0.3) is 0 Å². The first kappa shape index (κ1) is 20.1. The molecule has 9 heteroatoms. The number of rotatable bonds is 7. The summed E-state index contributed by atoms with van der Waals surface area (Å²) in [6.07, 6.45) is -1.20. The molecule has 1 unspecified atom stereocenters. The molecule has 0 spiro atoms. The number of ether oxygens (including phenoxy) is 4. The summed E-state index contributed by atoms with van der Waals surface area (Å²) in [5, 5.41) is 1.90. The Balaban J connectivity index is 3.13. The Bertz CT molecular complexity index is 633. The van der Waals surface area contributed by atoms with Crippen molar-refractivity contribution in [1.82, 2.24) is 5.32 Å². The Kier molecular flexibility index (Phi) is 7.04. The molecule has 0 saturated heterocycles. The minimum atomic E-state index is -1.20. The third-order valence-electron chi connectivity index (χ3n) is 3.24. The number of amides is 3. The normalized spacial score (nSPS) is 11.4. The fourth-order valence-electron chi connectivity index (χ4n) is 2.07. The first-order valence-electron chi connectivity index (χ1n) is 7.36. The molecule has 1 aromatic carbocycles. The first-order chi connectivity index (χ1) is 11.7. The van der Waals surface area contributed by atoms with E-state index in [1.165, 1.54) is 33.5 Å². The predicted molar refractivity (Wildman–Crippen MR) is 87.9 cm³/mol. The van der Waals surface area contributed by atoms with E-state index in [0.717, 1.165) is 0 Å². The molecule has 0 aliphatic heterocycles. The average molecular weight is 354 g/mol. The van der Waals surface area contributed by atoms with Crippen LogP contribution in [0, 0.1) is 5.92 Å². The van der Waals surface area contributed by atoms with Crippen LogP contribution in [-0.2, 0) is 9.53 Å². The van der Waals surface area contributed by atoms with Crippen molar-refractivity contribution in [3.63, 3.8) is 0 Å². The highest BCUT2D eigenvalue weighted by molar-refractivity contribution is 5.98. The molecular formula is C16H22N2O7. The van der Waals surface area contributed by atoms with Crippen molar-refractivity contribution in [2.24, 2.45) is 11.7 Å². The fraction of sp³-hybridized carbons (Fsp3) is 0.438. The number of hydrogen-bond donors (Lipinski definition) is 2. The number of esters is 1. The summed E-state index contributed by atoms with van der Waals surface area (Å²) in [5.41, 5.74) is 5.01. The van der Waals surface area contributed by atoms with E-state index in [9.17, 15) is 14.4 Å². The summed E-state index contributed by atoms with van der Waals surface area (Å²) in [6, 6.07) is 1.76. The van der Waals surface area contributed by atoms with Gasteiger partial charge in [0.25, 0.3) is 5.91 Å². The Morgan fingerprint density at radius 1 is 1.00 bits per heavy atom. The SMILES string of the molecule is COc1cc(C(=O)OC(C(=O)NC(N)=O)C(C)C)cc(OC)c1OC. The number of carbonyl (C=O) groups excluding carboxylic acids is 3. The zero-order valence-electron chi connectivity index (χ0n) is 14.7. The maximum atomic E-state index is 12.4. The number of nitrogens with one attached hydrogen (secondary N) is 1. The van der Waals surface area contributed by atoms with E-state index >= 15 is 0 Å². The van der Waals surface area contributed by atoms with Gasteiger partial charge in [-0.15, -0.1) is 0 Å². The lowest BCUT2D eigenvalue weighted by Gasteiger charge is -2.20. The Labute approximate surface area is 145 Å². The topological polar surface area (TPSA) is 126 Å². The van der Waals surface area contributed by atoms with Gasteiger partial charge in [0.05, 0.1) is 26.9 Å². The van der Waals surface area contributed by atoms with E-state index in [2.05, 4.69) is 0 Å². The second kappa shape index (κ2) is 8.76. The molecule has 0 aliphatic carbocycles. The maximum Gasteiger partial charge on any atom is 0.339 e. The largest absolute Gasteiger partial charge is 0.493 e. The third kappa shape index (κ3) is 5.00. The first-order valence-corrected chi connectivity index (χ1v) is 7.36. The van der Waals surface area contributed by atoms with Crippen molar-refractivity contribution >= 4 is 17.9 Å². The molecule has 0 saturated carbocycles. The van der Waals surface area contributed by atoms with E-state index in [-0.39, 0.29) is 23.0 Å². The number of primary amides is 1. The summed E-state index contributed by atoms with van der Waals surface area (Å²) in [4.78, 5) is 35.2. The lowest BCUT2D eigenvalue weighted by molar-refractivity contribution is -0.130. The summed E-state index contributed by atoms with van der Waals surface area (Å²) in [7, 11) is 4.24. The van der Waals surface area contributed by atoms with Crippen LogP contribution in [0.15, 0.2) is 12.1 Å². The number of methoxy groups -OCH3 is 3. The highest BCUT2D eigenvalue weighted by Gasteiger charge is 2.29. The Morgan fingerprint density at radius 3 is 1.88 bits per heavy atom. The van der Waals surface area contributed by atoms with Crippen molar-refractivity contribution in [3.05, 3.63) is 17.7 Å². The molecular weight excluding hydrogens is 332 g/mol. The minimum absolute atomic E-state index is 0.0898. The molecule has 1 atom stereocenters. The van der Waals surface area contributed by atoms with Crippen LogP contribution in [0.2, 0.25) is 0 Å². The Morgan fingerprint density at radius 2 is 1.52 bits per heavy atom. The minimum Gasteiger partial charge on any atom is -0.493 e. The van der Waals surface area contributed by atoms with Crippen LogP contribution < -0.4 is 25.3 Å². The number of hydrogen-bond acceptors (Lipinski definition) is 7. The van der Waals surface area contributed by atoms with Crippen LogP contribution in [0.3, 0.4) is 0 Å². The second-order valence-corrected chi connectivity index (χ2v) is 5.34. The lowest BCUT2D eigenvalue weighted by atomic mass is 10.1. The van der Waals surface area contributed by atoms with Crippen molar-refractivity contribution in [2.45, 2.75) is 20.0 Å². The van der Waals surface area contributed by atoms with Crippen LogP contribution in [0.5, 0.6) is 17.2 Å². The second-order valence-electron chi connectivity index (χ2n) is 5.34. The van der Waals surface area contributed by atoms with Gasteiger partial charge < -0.3 is 24.7 Å². The van der Waals surface area contributed by atoms with Crippen LogP contribution in [-0.4, -0.2) is 45.3 Å². The van der Waals surface area contributed by atoms with Crippen LogP contribution >= 0.6 is 0 Å². The fourth-order valence-corrected chi connectivity index (χ4v) is 2.07. The third-order valence-corrected chi connectivity index (χ3v) is 3.24. The van der Waals surface area contributed by atoms with Gasteiger partial charge in [0.2, 0.25) is 5.75 Å². The van der Waals surface area contributed by atoms with E-state index in [1.807, 2.05) is 5.32 Å². The van der Waals surface area contributed by atoms with Gasteiger partial charge in [-0.25, -0.2) is 9.59 Å². The van der Waals surface area contributed by atoms with Gasteiger partial charge in [0, 0.05) is 0 Å². The molecule has 1 rings (SSSR count). The molecule has 138 valence electrons. The zero-order chi connectivity index (χ0) is 19.1. The molecule has 9 nitrogen and oxygen atoms in total. The number of nitrogens with two attached hydrogens (primary N) is 1. The molecule has 0 heterocycles. The smallest absolute Gasteiger partial charge is 0.339 e. The predicted octanol–water partition coefficient (Wildman–Crippen LogP) is 1.09. The van der Waals surface area contributed by atoms with Gasteiger partial charge in [-0.2, -0.15) is 0 Å². The Hall–Kier alpha value is -2.97. The van der Waals surface area contributed by atoms with Gasteiger partial charge >= 0.3 is 12.0 Å². The van der Waals surface area contributed by atoms with Gasteiger partial charge in [0.15, 0.2) is 17.6 Å². The molecule has 0 radical (unpaired) electrons. The van der Waals surface area contributed by atoms with Crippen LogP contribution in [0.4, 0.5) is 4.79 Å². The van der Waals surface area contributed by atoms with Gasteiger partial charge in [-0.05, 0) is 18.1 Å². The molecule has 0 aromatic heterocycles. The maximum absolute atomic E-state index is 12.4. The summed E-state index contributed by atoms with van der Waals surface area (Å²) in [5.74, 6) is -1.15. The van der Waals surface area contributed by atoms with E-state index in [4.69, 9.17) is 24.7 Å². The van der Waals surface area contributed by atoms with E-state index < -0.39 is 24.0 Å². The highest BCUT2D eigenvalue weighted by atomic mass is 16.6. The molecule has 1 aromatic rings. The van der Waals surface area contributed by atoms with Gasteiger partial charge in [-0.3, -0.25) is 10.1 Å². The molecule has 0 fully saturated rings. The lowest BCUT2D eigenvalue weighted by Crippen LogP contribution is -2.45. The summed E-state index contributed by atoms with van der Waals surface area (Å²) in [6.45, 7) is 3.32. The van der Waals surface area contributed by atoms with Crippen molar-refractivity contribution in [3.8, 4) is 17.2 Å². The zero-order valence-corrected chi connectivity index (χ0v) is 14.7. The van der Waals surface area contributed by atoms with Crippen molar-refractivity contribution in [2.75, 3.05) is 21.3 Å². The number of carbonyl (C=O) groups is 3. The van der Waals surface area contributed by atoms with Crippen LogP contribution in [0.1, 0.15) is 24.2 Å². The van der Waals surface area contributed by atoms with E-state index in [0.29, 0.717) is 5.75 Å². The molecule has 0 aliphatic rings. The molecule has 25 heavy (non-hydrogen) atoms. The quantitative estimate of drug-likeness (QED) is 0.702. The van der Waals surface area contributed by atoms with E-state index in [1.54, 1.807) is 13.8 Å². The molecule has 3 N–H and O–H groups in total. The average Bonchev–Trinajstić information content (AvgIpc) is 2.56. The monoisotopic (exact) mass is 354 g/mol. The van der Waals surface area contributed by atoms with Crippen molar-refractivity contribution < 1.29 is 33.3 Å². The highest BCUT2D eigenvalue weighted by Crippen LogP contribution is 2.38.